The van der Waals surface area contributed by atoms with E-state index < -0.39 is 0 Å². The SMILES string of the molecule is C=C[C@@H](N)c1ccnc2ccccc12. The zero-order valence-corrected chi connectivity index (χ0v) is 7.85. The van der Waals surface area contributed by atoms with Crippen LogP contribution in [0.5, 0.6) is 0 Å². The minimum atomic E-state index is -0.122. The van der Waals surface area contributed by atoms with Crippen molar-refractivity contribution >= 4 is 10.9 Å². The van der Waals surface area contributed by atoms with E-state index in [0.29, 0.717) is 0 Å². The normalized spacial score (nSPS) is 12.6. The van der Waals surface area contributed by atoms with Crippen molar-refractivity contribution in [3.05, 3.63) is 54.7 Å². The summed E-state index contributed by atoms with van der Waals surface area (Å²) < 4.78 is 0. The fraction of sp³-hybridized carbons (Fsp3) is 0.0833. The summed E-state index contributed by atoms with van der Waals surface area (Å²) in [6.07, 6.45) is 3.52. The Labute approximate surface area is 83.1 Å². The molecule has 70 valence electrons. The third kappa shape index (κ3) is 1.40. The molecule has 1 aromatic carbocycles. The fourth-order valence-corrected chi connectivity index (χ4v) is 1.54. The van der Waals surface area contributed by atoms with Gasteiger partial charge in [-0.3, -0.25) is 4.98 Å². The van der Waals surface area contributed by atoms with E-state index >= 15 is 0 Å². The quantitative estimate of drug-likeness (QED) is 0.728. The van der Waals surface area contributed by atoms with Crippen LogP contribution in [-0.2, 0) is 0 Å². The summed E-state index contributed by atoms with van der Waals surface area (Å²) in [5.74, 6) is 0. The highest BCUT2D eigenvalue weighted by molar-refractivity contribution is 5.82. The lowest BCUT2D eigenvalue weighted by Crippen LogP contribution is -2.07. The second-order valence-electron chi connectivity index (χ2n) is 3.18. The molecule has 0 amide bonds. The van der Waals surface area contributed by atoms with Gasteiger partial charge in [0.1, 0.15) is 0 Å². The van der Waals surface area contributed by atoms with Gasteiger partial charge < -0.3 is 5.73 Å². The molecule has 2 rings (SSSR count). The van der Waals surface area contributed by atoms with Gasteiger partial charge in [0.2, 0.25) is 0 Å². The molecule has 14 heavy (non-hydrogen) atoms. The van der Waals surface area contributed by atoms with Gasteiger partial charge in [-0.25, -0.2) is 0 Å². The number of pyridine rings is 1. The maximum Gasteiger partial charge on any atom is 0.0705 e. The van der Waals surface area contributed by atoms with E-state index in [-0.39, 0.29) is 6.04 Å². The molecule has 2 N–H and O–H groups in total. The Morgan fingerprint density at radius 3 is 2.86 bits per heavy atom. The van der Waals surface area contributed by atoms with Crippen LogP contribution >= 0.6 is 0 Å². The number of para-hydroxylation sites is 1. The maximum absolute atomic E-state index is 5.91. The summed E-state index contributed by atoms with van der Waals surface area (Å²) in [7, 11) is 0. The Morgan fingerprint density at radius 1 is 1.29 bits per heavy atom. The monoisotopic (exact) mass is 184 g/mol. The molecular weight excluding hydrogens is 172 g/mol. The van der Waals surface area contributed by atoms with Crippen molar-refractivity contribution in [3.63, 3.8) is 0 Å². The van der Waals surface area contributed by atoms with Gasteiger partial charge in [0.15, 0.2) is 0 Å². The van der Waals surface area contributed by atoms with Crippen LogP contribution in [0.4, 0.5) is 0 Å². The molecule has 2 aromatic rings. The topological polar surface area (TPSA) is 38.9 Å². The summed E-state index contributed by atoms with van der Waals surface area (Å²) in [5.41, 5.74) is 7.96. The van der Waals surface area contributed by atoms with Crippen LogP contribution in [-0.4, -0.2) is 4.98 Å². The minimum absolute atomic E-state index is 0.122. The molecule has 1 heterocycles. The molecule has 0 spiro atoms. The Balaban J connectivity index is 2.70. The number of rotatable bonds is 2. The van der Waals surface area contributed by atoms with E-state index in [1.54, 1.807) is 12.3 Å². The minimum Gasteiger partial charge on any atom is -0.321 e. The standard InChI is InChI=1S/C12H12N2/c1-2-11(13)9-7-8-14-12-6-4-3-5-10(9)12/h2-8,11H,1,13H2/t11-/m1/s1. The molecule has 0 radical (unpaired) electrons. The summed E-state index contributed by atoms with van der Waals surface area (Å²) in [4.78, 5) is 4.27. The molecule has 0 saturated carbocycles. The van der Waals surface area contributed by atoms with Crippen LogP contribution in [0, 0.1) is 0 Å². The lowest BCUT2D eigenvalue weighted by molar-refractivity contribution is 0.922. The van der Waals surface area contributed by atoms with E-state index in [9.17, 15) is 0 Å². The first kappa shape index (κ1) is 8.91. The van der Waals surface area contributed by atoms with Crippen molar-refractivity contribution < 1.29 is 0 Å². The molecule has 0 aliphatic heterocycles. The van der Waals surface area contributed by atoms with Gasteiger partial charge in [-0.2, -0.15) is 0 Å². The second-order valence-corrected chi connectivity index (χ2v) is 3.18. The van der Waals surface area contributed by atoms with Crippen LogP contribution < -0.4 is 5.73 Å². The van der Waals surface area contributed by atoms with Crippen molar-refractivity contribution in [2.75, 3.05) is 0 Å². The summed E-state index contributed by atoms with van der Waals surface area (Å²) in [6, 6.07) is 9.79. The van der Waals surface area contributed by atoms with Gasteiger partial charge in [0.25, 0.3) is 0 Å². The molecule has 1 aromatic heterocycles. The van der Waals surface area contributed by atoms with Crippen LogP contribution in [0.1, 0.15) is 11.6 Å². The number of aromatic nitrogens is 1. The predicted molar refractivity (Wildman–Crippen MR) is 58.9 cm³/mol. The molecule has 2 heteroatoms. The van der Waals surface area contributed by atoms with Gasteiger partial charge in [0, 0.05) is 17.6 Å². The van der Waals surface area contributed by atoms with E-state index in [1.165, 1.54) is 0 Å². The average Bonchev–Trinajstić information content (AvgIpc) is 2.27. The highest BCUT2D eigenvalue weighted by Crippen LogP contribution is 2.21. The largest absolute Gasteiger partial charge is 0.321 e. The zero-order valence-electron chi connectivity index (χ0n) is 7.85. The Kier molecular flexibility index (Phi) is 2.29. The zero-order chi connectivity index (χ0) is 9.97. The van der Waals surface area contributed by atoms with Gasteiger partial charge in [-0.1, -0.05) is 24.3 Å². The van der Waals surface area contributed by atoms with E-state index in [4.69, 9.17) is 5.73 Å². The molecule has 0 fully saturated rings. The Morgan fingerprint density at radius 2 is 2.07 bits per heavy atom. The van der Waals surface area contributed by atoms with Gasteiger partial charge in [-0.05, 0) is 17.7 Å². The van der Waals surface area contributed by atoms with Crippen LogP contribution in [0.15, 0.2) is 49.2 Å². The van der Waals surface area contributed by atoms with Gasteiger partial charge in [-0.15, -0.1) is 6.58 Å². The lowest BCUT2D eigenvalue weighted by atomic mass is 10.0. The van der Waals surface area contributed by atoms with Crippen molar-refractivity contribution in [2.24, 2.45) is 5.73 Å². The Hall–Kier alpha value is -1.67. The first-order chi connectivity index (χ1) is 6.83. The molecule has 0 aliphatic carbocycles. The number of hydrogen-bond donors (Lipinski definition) is 1. The third-order valence-corrected chi connectivity index (χ3v) is 2.30. The van der Waals surface area contributed by atoms with Gasteiger partial charge >= 0.3 is 0 Å². The van der Waals surface area contributed by atoms with Crippen molar-refractivity contribution in [1.82, 2.24) is 4.98 Å². The summed E-state index contributed by atoms with van der Waals surface area (Å²) in [5, 5.41) is 1.10. The smallest absolute Gasteiger partial charge is 0.0705 e. The average molecular weight is 184 g/mol. The van der Waals surface area contributed by atoms with Crippen molar-refractivity contribution in [2.45, 2.75) is 6.04 Å². The van der Waals surface area contributed by atoms with E-state index in [1.807, 2.05) is 30.3 Å². The number of hydrogen-bond acceptors (Lipinski definition) is 2. The molecule has 0 aliphatic rings. The van der Waals surface area contributed by atoms with E-state index in [0.717, 1.165) is 16.5 Å². The maximum atomic E-state index is 5.91. The highest BCUT2D eigenvalue weighted by atomic mass is 14.7. The molecule has 0 bridgehead atoms. The first-order valence-electron chi connectivity index (χ1n) is 4.54. The van der Waals surface area contributed by atoms with Crippen LogP contribution in [0.3, 0.4) is 0 Å². The van der Waals surface area contributed by atoms with Crippen LogP contribution in [0.2, 0.25) is 0 Å². The predicted octanol–water partition coefficient (Wildman–Crippen LogP) is 2.42. The summed E-state index contributed by atoms with van der Waals surface area (Å²) in [6.45, 7) is 3.70. The van der Waals surface area contributed by atoms with Crippen molar-refractivity contribution in [1.29, 1.82) is 0 Å². The Bertz CT molecular complexity index is 457. The first-order valence-corrected chi connectivity index (χ1v) is 4.54. The molecule has 1 atom stereocenters. The van der Waals surface area contributed by atoms with E-state index in [2.05, 4.69) is 11.6 Å². The number of benzene rings is 1. The third-order valence-electron chi connectivity index (χ3n) is 2.30. The molecule has 0 saturated heterocycles. The molecule has 0 unspecified atom stereocenters. The summed E-state index contributed by atoms with van der Waals surface area (Å²) >= 11 is 0. The number of nitrogens with two attached hydrogens (primary N) is 1. The van der Waals surface area contributed by atoms with Crippen molar-refractivity contribution in [3.8, 4) is 0 Å². The highest BCUT2D eigenvalue weighted by Gasteiger charge is 2.05. The number of nitrogens with zero attached hydrogens (tertiary/aromatic N) is 1. The number of fused-ring (bicyclic) bond motifs is 1. The van der Waals surface area contributed by atoms with Crippen LogP contribution in [0.25, 0.3) is 10.9 Å². The molecular formula is C12H12N2. The second kappa shape index (κ2) is 3.60. The molecule has 2 nitrogen and oxygen atoms in total. The van der Waals surface area contributed by atoms with Gasteiger partial charge in [0.05, 0.1) is 5.52 Å². The lowest BCUT2D eigenvalue weighted by Gasteiger charge is -2.09. The fourth-order valence-electron chi connectivity index (χ4n) is 1.54.